The van der Waals surface area contributed by atoms with Crippen LogP contribution in [0.15, 0.2) is 45.7 Å². The van der Waals surface area contributed by atoms with Crippen molar-refractivity contribution in [3.63, 3.8) is 0 Å². The molecule has 1 N–H and O–H groups in total. The molecule has 1 aromatic heterocycles. The fourth-order valence-corrected chi connectivity index (χ4v) is 4.80. The van der Waals surface area contributed by atoms with Crippen LogP contribution in [-0.4, -0.2) is 38.8 Å². The molecular formula is C21H26N2O5S. The van der Waals surface area contributed by atoms with Crippen LogP contribution in [-0.2, 0) is 14.8 Å². The smallest absolute Gasteiger partial charge is 0.248 e. The Morgan fingerprint density at radius 3 is 2.48 bits per heavy atom. The van der Waals surface area contributed by atoms with E-state index in [4.69, 9.17) is 9.15 Å². The highest BCUT2D eigenvalue weighted by Gasteiger charge is 2.26. The number of benzene rings is 1. The lowest BCUT2D eigenvalue weighted by Crippen LogP contribution is -2.32. The van der Waals surface area contributed by atoms with Crippen molar-refractivity contribution < 1.29 is 22.4 Å². The van der Waals surface area contributed by atoms with E-state index in [1.807, 2.05) is 6.92 Å². The van der Waals surface area contributed by atoms with E-state index < -0.39 is 15.9 Å². The Labute approximate surface area is 171 Å². The van der Waals surface area contributed by atoms with Crippen LogP contribution in [0.5, 0.6) is 5.75 Å². The minimum absolute atomic E-state index is 0.140. The summed E-state index contributed by atoms with van der Waals surface area (Å²) in [6.45, 7) is 2.85. The maximum Gasteiger partial charge on any atom is 0.248 e. The zero-order chi connectivity index (χ0) is 20.9. The summed E-state index contributed by atoms with van der Waals surface area (Å²) in [5, 5.41) is 2.69. The van der Waals surface area contributed by atoms with Gasteiger partial charge in [0, 0.05) is 19.2 Å². The van der Waals surface area contributed by atoms with Crippen LogP contribution < -0.4 is 10.1 Å². The summed E-state index contributed by atoms with van der Waals surface area (Å²) >= 11 is 0. The fourth-order valence-electron chi connectivity index (χ4n) is 3.25. The number of hydrogen-bond donors (Lipinski definition) is 1. The predicted octanol–water partition coefficient (Wildman–Crippen LogP) is 3.81. The molecule has 1 aliphatic heterocycles. The largest absolute Gasteiger partial charge is 0.495 e. The van der Waals surface area contributed by atoms with E-state index in [9.17, 15) is 13.2 Å². The molecule has 0 atom stereocenters. The predicted molar refractivity (Wildman–Crippen MR) is 111 cm³/mol. The van der Waals surface area contributed by atoms with Crippen molar-refractivity contribution in [2.24, 2.45) is 0 Å². The van der Waals surface area contributed by atoms with Crippen LogP contribution in [0.25, 0.3) is 6.08 Å². The molecule has 0 radical (unpaired) electrons. The second kappa shape index (κ2) is 9.28. The zero-order valence-corrected chi connectivity index (χ0v) is 17.5. The average Bonchev–Trinajstić information content (AvgIpc) is 2.94. The molecule has 0 unspecified atom stereocenters. The van der Waals surface area contributed by atoms with Crippen molar-refractivity contribution in [1.29, 1.82) is 0 Å². The summed E-state index contributed by atoms with van der Waals surface area (Å²) in [5.41, 5.74) is 0.300. The standard InChI is InChI=1S/C21H26N2O5S/c1-16-7-8-17(28-16)9-12-21(24)22-19-15-18(10-11-20(19)27-2)29(25,26)23-13-5-3-4-6-14-23/h7-12,15H,3-6,13-14H2,1-2H3,(H,22,24). The summed E-state index contributed by atoms with van der Waals surface area (Å²) in [6, 6.07) is 8.07. The molecule has 0 saturated carbocycles. The van der Waals surface area contributed by atoms with E-state index in [1.165, 1.54) is 29.6 Å². The number of amides is 1. The first-order valence-electron chi connectivity index (χ1n) is 9.64. The van der Waals surface area contributed by atoms with Crippen LogP contribution in [0.3, 0.4) is 0 Å². The highest BCUT2D eigenvalue weighted by molar-refractivity contribution is 7.89. The van der Waals surface area contributed by atoms with Crippen LogP contribution in [0.1, 0.15) is 37.2 Å². The first-order valence-corrected chi connectivity index (χ1v) is 11.1. The number of carbonyl (C=O) groups excluding carboxylic acids is 1. The Morgan fingerprint density at radius 2 is 1.86 bits per heavy atom. The molecular weight excluding hydrogens is 392 g/mol. The molecule has 0 spiro atoms. The molecule has 1 saturated heterocycles. The normalized spacial score (nSPS) is 15.9. The molecule has 156 valence electrons. The van der Waals surface area contributed by atoms with Gasteiger partial charge in [-0.15, -0.1) is 0 Å². The molecule has 0 bridgehead atoms. The number of methoxy groups -OCH3 is 1. The molecule has 0 aliphatic carbocycles. The lowest BCUT2D eigenvalue weighted by Gasteiger charge is -2.20. The Balaban J connectivity index is 1.81. The van der Waals surface area contributed by atoms with Gasteiger partial charge in [0.25, 0.3) is 0 Å². The van der Waals surface area contributed by atoms with Crippen LogP contribution >= 0.6 is 0 Å². The average molecular weight is 419 g/mol. The van der Waals surface area contributed by atoms with Crippen molar-refractivity contribution >= 4 is 27.7 Å². The number of anilines is 1. The Bertz CT molecular complexity index is 986. The number of hydrogen-bond acceptors (Lipinski definition) is 5. The number of furan rings is 1. The summed E-state index contributed by atoms with van der Waals surface area (Å²) in [7, 11) is -2.16. The van der Waals surface area contributed by atoms with E-state index >= 15 is 0 Å². The van der Waals surface area contributed by atoms with Gasteiger partial charge < -0.3 is 14.5 Å². The third-order valence-electron chi connectivity index (χ3n) is 4.79. The topological polar surface area (TPSA) is 88.9 Å². The van der Waals surface area contributed by atoms with Gasteiger partial charge in [0.1, 0.15) is 17.3 Å². The van der Waals surface area contributed by atoms with Gasteiger partial charge in [0.15, 0.2) is 0 Å². The van der Waals surface area contributed by atoms with E-state index in [2.05, 4.69) is 5.32 Å². The number of ether oxygens (including phenoxy) is 1. The van der Waals surface area contributed by atoms with E-state index in [0.29, 0.717) is 30.3 Å². The van der Waals surface area contributed by atoms with Gasteiger partial charge in [0.2, 0.25) is 15.9 Å². The van der Waals surface area contributed by atoms with Gasteiger partial charge in [-0.3, -0.25) is 4.79 Å². The minimum Gasteiger partial charge on any atom is -0.495 e. The number of sulfonamides is 1. The number of rotatable bonds is 6. The summed E-state index contributed by atoms with van der Waals surface area (Å²) in [6.07, 6.45) is 6.67. The highest BCUT2D eigenvalue weighted by Crippen LogP contribution is 2.30. The Kier molecular flexibility index (Phi) is 6.76. The molecule has 2 aromatic rings. The van der Waals surface area contributed by atoms with Gasteiger partial charge in [-0.1, -0.05) is 12.8 Å². The molecule has 8 heteroatoms. The molecule has 1 fully saturated rings. The SMILES string of the molecule is COc1ccc(S(=O)(=O)N2CCCCCC2)cc1NC(=O)C=Cc1ccc(C)o1. The first-order chi connectivity index (χ1) is 13.9. The quantitative estimate of drug-likeness (QED) is 0.721. The summed E-state index contributed by atoms with van der Waals surface area (Å²) in [5.74, 6) is 1.28. The molecule has 1 aromatic carbocycles. The number of aryl methyl sites for hydroxylation is 1. The first kappa shape index (κ1) is 21.1. The molecule has 3 rings (SSSR count). The van der Waals surface area contributed by atoms with Crippen LogP contribution in [0.4, 0.5) is 5.69 Å². The van der Waals surface area contributed by atoms with E-state index in [-0.39, 0.29) is 4.90 Å². The lowest BCUT2D eigenvalue weighted by molar-refractivity contribution is -0.111. The molecule has 1 aliphatic rings. The second-order valence-electron chi connectivity index (χ2n) is 6.95. The van der Waals surface area contributed by atoms with Gasteiger partial charge in [-0.2, -0.15) is 4.31 Å². The number of nitrogens with one attached hydrogen (secondary N) is 1. The van der Waals surface area contributed by atoms with E-state index in [1.54, 1.807) is 24.3 Å². The molecule has 2 heterocycles. The molecule has 1 amide bonds. The fraction of sp³-hybridized carbons (Fsp3) is 0.381. The van der Waals surface area contributed by atoms with Crippen molar-refractivity contribution in [1.82, 2.24) is 4.31 Å². The minimum atomic E-state index is -3.63. The van der Waals surface area contributed by atoms with Crippen LogP contribution in [0.2, 0.25) is 0 Å². The molecule has 29 heavy (non-hydrogen) atoms. The maximum absolute atomic E-state index is 13.0. The number of nitrogens with zero attached hydrogens (tertiary/aromatic N) is 1. The third-order valence-corrected chi connectivity index (χ3v) is 6.69. The third kappa shape index (κ3) is 5.27. The van der Waals surface area contributed by atoms with Crippen LogP contribution in [0, 0.1) is 6.92 Å². The summed E-state index contributed by atoms with van der Waals surface area (Å²) in [4.78, 5) is 12.5. The van der Waals surface area contributed by atoms with E-state index in [0.717, 1.165) is 31.4 Å². The zero-order valence-electron chi connectivity index (χ0n) is 16.7. The highest BCUT2D eigenvalue weighted by atomic mass is 32.2. The summed E-state index contributed by atoms with van der Waals surface area (Å²) < 4.78 is 38.3. The molecule has 7 nitrogen and oxygen atoms in total. The monoisotopic (exact) mass is 418 g/mol. The maximum atomic E-state index is 13.0. The Morgan fingerprint density at radius 1 is 1.14 bits per heavy atom. The lowest BCUT2D eigenvalue weighted by atomic mass is 10.2. The number of carbonyl (C=O) groups is 1. The van der Waals surface area contributed by atoms with Crippen molar-refractivity contribution in [2.75, 3.05) is 25.5 Å². The Hall–Kier alpha value is -2.58. The van der Waals surface area contributed by atoms with Crippen molar-refractivity contribution in [2.45, 2.75) is 37.5 Å². The van der Waals surface area contributed by atoms with Gasteiger partial charge >= 0.3 is 0 Å². The van der Waals surface area contributed by atoms with Crippen molar-refractivity contribution in [3.05, 3.63) is 47.9 Å². The van der Waals surface area contributed by atoms with Gasteiger partial charge in [0.05, 0.1) is 17.7 Å². The van der Waals surface area contributed by atoms with Gasteiger partial charge in [-0.05, 0) is 56.2 Å². The van der Waals surface area contributed by atoms with Crippen molar-refractivity contribution in [3.8, 4) is 5.75 Å². The van der Waals surface area contributed by atoms with Gasteiger partial charge in [-0.25, -0.2) is 8.42 Å². The second-order valence-corrected chi connectivity index (χ2v) is 8.89.